The summed E-state index contributed by atoms with van der Waals surface area (Å²) in [5, 5.41) is 0. The van der Waals surface area contributed by atoms with Gasteiger partial charge >= 0.3 is 6.18 Å². The summed E-state index contributed by atoms with van der Waals surface area (Å²) in [7, 11) is -8.02. The molecule has 0 atom stereocenters. The van der Waals surface area contributed by atoms with Crippen molar-refractivity contribution in [2.45, 2.75) is 50.6 Å². The van der Waals surface area contributed by atoms with Crippen LogP contribution in [0.2, 0.25) is 0 Å². The van der Waals surface area contributed by atoms with Crippen molar-refractivity contribution < 1.29 is 34.8 Å². The first-order chi connectivity index (χ1) is 19.4. The number of amides is 1. The van der Waals surface area contributed by atoms with Crippen LogP contribution in [0, 0.1) is 34.6 Å². The Morgan fingerprint density at radius 1 is 0.762 bits per heavy atom. The number of carbonyl (C=O) groups is 1. The lowest BCUT2D eigenvalue weighted by atomic mass is 9.95. The first-order valence-corrected chi connectivity index (χ1v) is 16.0. The van der Waals surface area contributed by atoms with Crippen molar-refractivity contribution in [3.05, 3.63) is 87.5 Å². The molecule has 0 radical (unpaired) electrons. The van der Waals surface area contributed by atoms with Crippen LogP contribution in [-0.4, -0.2) is 58.1 Å². The molecule has 226 valence electrons. The molecule has 3 aromatic carbocycles. The van der Waals surface area contributed by atoms with Gasteiger partial charge in [0.25, 0.3) is 15.9 Å². The van der Waals surface area contributed by atoms with E-state index in [-0.39, 0.29) is 42.3 Å². The molecule has 0 spiro atoms. The molecule has 1 aliphatic rings. The number of alkyl halides is 3. The summed E-state index contributed by atoms with van der Waals surface area (Å²) in [6, 6.07) is 8.84. The minimum atomic E-state index is -4.63. The second-order valence-electron chi connectivity index (χ2n) is 10.4. The van der Waals surface area contributed by atoms with Crippen LogP contribution in [0.25, 0.3) is 0 Å². The van der Waals surface area contributed by atoms with Crippen molar-refractivity contribution in [3.8, 4) is 0 Å². The monoisotopic (exact) mass is 623 g/mol. The first kappa shape index (κ1) is 31.5. The SMILES string of the molecule is Cc1c(C)c(C)c(S(=O)(=O)N2CCN(C(=O)c3ccc(S(=O)(=O)Nc4cccc(C(F)(F)F)c4)cc3)CC2)c(C)c1C. The average Bonchev–Trinajstić information content (AvgIpc) is 2.94. The van der Waals surface area contributed by atoms with Crippen molar-refractivity contribution in [2.75, 3.05) is 30.9 Å². The minimum absolute atomic E-state index is 0.103. The van der Waals surface area contributed by atoms with Gasteiger partial charge in [0.2, 0.25) is 10.0 Å². The Balaban J connectivity index is 1.45. The fourth-order valence-corrected chi connectivity index (χ4v) is 8.08. The van der Waals surface area contributed by atoms with Gasteiger partial charge in [-0.1, -0.05) is 6.07 Å². The van der Waals surface area contributed by atoms with Gasteiger partial charge in [0.05, 0.1) is 15.4 Å². The lowest BCUT2D eigenvalue weighted by molar-refractivity contribution is -0.137. The van der Waals surface area contributed by atoms with Crippen LogP contribution in [0.1, 0.15) is 43.7 Å². The molecule has 3 aromatic rings. The van der Waals surface area contributed by atoms with E-state index in [2.05, 4.69) is 4.72 Å². The van der Waals surface area contributed by atoms with Crippen molar-refractivity contribution in [3.63, 3.8) is 0 Å². The summed E-state index contributed by atoms with van der Waals surface area (Å²) in [5.41, 5.74) is 3.30. The smallest absolute Gasteiger partial charge is 0.336 e. The van der Waals surface area contributed by atoms with Gasteiger partial charge in [0, 0.05) is 37.4 Å². The Hall–Kier alpha value is -3.42. The number of hydrogen-bond donors (Lipinski definition) is 1. The zero-order valence-electron chi connectivity index (χ0n) is 23.8. The molecule has 0 bridgehead atoms. The maximum absolute atomic E-state index is 13.6. The normalized spacial score (nSPS) is 15.1. The second-order valence-corrected chi connectivity index (χ2v) is 13.9. The highest BCUT2D eigenvalue weighted by Crippen LogP contribution is 2.33. The maximum atomic E-state index is 13.6. The van der Waals surface area contributed by atoms with E-state index < -0.39 is 37.7 Å². The van der Waals surface area contributed by atoms with Crippen LogP contribution in [-0.2, 0) is 26.2 Å². The highest BCUT2D eigenvalue weighted by molar-refractivity contribution is 7.92. The summed E-state index contributed by atoms with van der Waals surface area (Å²) >= 11 is 0. The van der Waals surface area contributed by atoms with Gasteiger partial charge < -0.3 is 4.90 Å². The van der Waals surface area contributed by atoms with Gasteiger partial charge in [-0.25, -0.2) is 16.8 Å². The number of piperazine rings is 1. The van der Waals surface area contributed by atoms with Crippen LogP contribution in [0.4, 0.5) is 18.9 Å². The number of carbonyl (C=O) groups excluding carboxylic acids is 1. The van der Waals surface area contributed by atoms with Crippen molar-refractivity contribution in [2.24, 2.45) is 0 Å². The van der Waals surface area contributed by atoms with E-state index in [4.69, 9.17) is 0 Å². The minimum Gasteiger partial charge on any atom is -0.336 e. The van der Waals surface area contributed by atoms with E-state index in [0.29, 0.717) is 22.1 Å². The number of benzene rings is 3. The third-order valence-electron chi connectivity index (χ3n) is 7.91. The van der Waals surface area contributed by atoms with Gasteiger partial charge in [-0.2, -0.15) is 17.5 Å². The third kappa shape index (κ3) is 6.04. The molecular formula is C29H32F3N3O5S2. The fourth-order valence-electron chi connectivity index (χ4n) is 5.05. The van der Waals surface area contributed by atoms with Crippen LogP contribution < -0.4 is 4.72 Å². The van der Waals surface area contributed by atoms with Crippen molar-refractivity contribution in [1.82, 2.24) is 9.21 Å². The van der Waals surface area contributed by atoms with Crippen molar-refractivity contribution in [1.29, 1.82) is 0 Å². The molecule has 1 heterocycles. The molecule has 1 aliphatic heterocycles. The quantitative estimate of drug-likeness (QED) is 0.407. The van der Waals surface area contributed by atoms with E-state index >= 15 is 0 Å². The molecule has 42 heavy (non-hydrogen) atoms. The highest BCUT2D eigenvalue weighted by atomic mass is 32.2. The lowest BCUT2D eigenvalue weighted by Gasteiger charge is -2.35. The molecular weight excluding hydrogens is 591 g/mol. The fraction of sp³-hybridized carbons (Fsp3) is 0.345. The Morgan fingerprint density at radius 3 is 1.81 bits per heavy atom. The van der Waals surface area contributed by atoms with E-state index in [1.165, 1.54) is 39.5 Å². The summed E-state index contributed by atoms with van der Waals surface area (Å²) in [5.74, 6) is -0.392. The third-order valence-corrected chi connectivity index (χ3v) is 11.5. The lowest BCUT2D eigenvalue weighted by Crippen LogP contribution is -2.50. The van der Waals surface area contributed by atoms with Gasteiger partial charge in [-0.3, -0.25) is 9.52 Å². The Labute approximate surface area is 244 Å². The molecule has 0 aliphatic carbocycles. The van der Waals surface area contributed by atoms with Gasteiger partial charge in [0.1, 0.15) is 0 Å². The number of anilines is 1. The molecule has 4 rings (SSSR count). The predicted octanol–water partition coefficient (Wildman–Crippen LogP) is 5.20. The molecule has 1 amide bonds. The van der Waals surface area contributed by atoms with E-state index in [0.717, 1.165) is 28.8 Å². The summed E-state index contributed by atoms with van der Waals surface area (Å²) < 4.78 is 95.2. The topological polar surface area (TPSA) is 104 Å². The first-order valence-electron chi connectivity index (χ1n) is 13.1. The zero-order valence-corrected chi connectivity index (χ0v) is 25.5. The van der Waals surface area contributed by atoms with Gasteiger partial charge in [-0.15, -0.1) is 0 Å². The van der Waals surface area contributed by atoms with Crippen LogP contribution in [0.5, 0.6) is 0 Å². The Bertz CT molecular complexity index is 1720. The summed E-state index contributed by atoms with van der Waals surface area (Å²) in [6.45, 7) is 9.91. The number of rotatable bonds is 6. The van der Waals surface area contributed by atoms with E-state index in [9.17, 15) is 34.8 Å². The highest BCUT2D eigenvalue weighted by Gasteiger charge is 2.34. The maximum Gasteiger partial charge on any atom is 0.416 e. The largest absolute Gasteiger partial charge is 0.416 e. The molecule has 0 unspecified atom stereocenters. The van der Waals surface area contributed by atoms with Crippen molar-refractivity contribution >= 4 is 31.6 Å². The number of hydrogen-bond acceptors (Lipinski definition) is 5. The van der Waals surface area contributed by atoms with Crippen LogP contribution >= 0.6 is 0 Å². The number of sulfonamides is 2. The van der Waals surface area contributed by atoms with E-state index in [1.807, 2.05) is 20.8 Å². The standard InChI is InChI=1S/C29H32F3N3O5S2/c1-18-19(2)21(4)27(22(5)20(18)3)42(39,40)35-15-13-34(14-16-35)28(36)23-9-11-26(12-10-23)41(37,38)33-25-8-6-7-24(17-25)29(30,31)32/h6-12,17,33H,13-16H2,1-5H3. The Morgan fingerprint density at radius 2 is 1.29 bits per heavy atom. The molecule has 1 saturated heterocycles. The van der Waals surface area contributed by atoms with Crippen LogP contribution in [0.15, 0.2) is 58.3 Å². The summed E-state index contributed by atoms with van der Waals surface area (Å²) in [4.78, 5) is 14.7. The predicted molar refractivity (Wildman–Crippen MR) is 153 cm³/mol. The molecule has 1 fully saturated rings. The second kappa shape index (κ2) is 11.3. The Kier molecular flexibility index (Phi) is 8.51. The molecule has 1 N–H and O–H groups in total. The molecule has 13 heteroatoms. The zero-order chi connectivity index (χ0) is 31.2. The average molecular weight is 624 g/mol. The number of nitrogens with one attached hydrogen (secondary N) is 1. The van der Waals surface area contributed by atoms with E-state index in [1.54, 1.807) is 13.8 Å². The van der Waals surface area contributed by atoms with Gasteiger partial charge in [-0.05, 0) is 105 Å². The number of nitrogens with zero attached hydrogens (tertiary/aromatic N) is 2. The van der Waals surface area contributed by atoms with Gasteiger partial charge in [0.15, 0.2) is 0 Å². The van der Waals surface area contributed by atoms with Crippen LogP contribution in [0.3, 0.4) is 0 Å². The molecule has 0 saturated carbocycles. The summed E-state index contributed by atoms with van der Waals surface area (Å²) in [6.07, 6.45) is -4.63. The molecule has 0 aromatic heterocycles. The molecule has 8 nitrogen and oxygen atoms in total. The number of halogens is 3.